The lowest BCUT2D eigenvalue weighted by Crippen LogP contribution is -2.22. The monoisotopic (exact) mass is 356 g/mol. The van der Waals surface area contributed by atoms with Gasteiger partial charge in [-0.05, 0) is 41.6 Å². The van der Waals surface area contributed by atoms with Crippen molar-refractivity contribution in [2.24, 2.45) is 0 Å². The first kappa shape index (κ1) is 17.8. The predicted octanol–water partition coefficient (Wildman–Crippen LogP) is 4.14. The number of thioether (sulfide) groups is 1. The third-order valence-electron chi connectivity index (χ3n) is 2.95. The summed E-state index contributed by atoms with van der Waals surface area (Å²) in [6.45, 7) is 0.132. The van der Waals surface area contributed by atoms with Gasteiger partial charge in [-0.25, -0.2) is 0 Å². The number of carbonyl (C=O) groups is 1. The van der Waals surface area contributed by atoms with Crippen LogP contribution in [0.15, 0.2) is 53.4 Å². The highest BCUT2D eigenvalue weighted by molar-refractivity contribution is 8.00. The van der Waals surface area contributed by atoms with Crippen LogP contribution in [0.4, 0.5) is 18.9 Å². The Bertz CT molecular complexity index is 731. The third-order valence-corrected chi connectivity index (χ3v) is 3.69. The number of hydrogen-bond acceptors (Lipinski definition) is 4. The Hall–Kier alpha value is -2.55. The van der Waals surface area contributed by atoms with Crippen molar-refractivity contribution >= 4 is 23.4 Å². The highest BCUT2D eigenvalue weighted by Gasteiger charge is 2.28. The number of hydrogen-bond donors (Lipinski definition) is 1. The van der Waals surface area contributed by atoms with E-state index in [-0.39, 0.29) is 34.5 Å². The Kier molecular flexibility index (Phi) is 5.45. The molecule has 0 unspecified atom stereocenters. The number of nitro benzene ring substituents is 1. The van der Waals surface area contributed by atoms with Crippen LogP contribution in [0.1, 0.15) is 15.9 Å². The standard InChI is InChI=1S/C15H11F3N2O3S/c16-15(17,18)24-13-7-1-10(2-8-13)9-19-14(21)11-3-5-12(6-4-11)20(22)23/h1-8H,9H2,(H,19,21). The second-order valence-corrected chi connectivity index (χ2v) is 5.82. The van der Waals surface area contributed by atoms with Crippen LogP contribution >= 0.6 is 11.8 Å². The zero-order valence-corrected chi connectivity index (χ0v) is 12.9. The topological polar surface area (TPSA) is 72.2 Å². The number of nitro groups is 1. The molecular formula is C15H11F3N2O3S. The van der Waals surface area contributed by atoms with Crippen molar-refractivity contribution in [3.63, 3.8) is 0 Å². The van der Waals surface area contributed by atoms with Gasteiger partial charge >= 0.3 is 5.51 Å². The molecule has 0 atom stereocenters. The van der Waals surface area contributed by atoms with E-state index in [4.69, 9.17) is 0 Å². The van der Waals surface area contributed by atoms with Gasteiger partial charge < -0.3 is 5.32 Å². The van der Waals surface area contributed by atoms with E-state index in [1.807, 2.05) is 0 Å². The second-order valence-electron chi connectivity index (χ2n) is 4.68. The Labute approximate surface area is 139 Å². The number of amides is 1. The summed E-state index contributed by atoms with van der Waals surface area (Å²) in [6.07, 6.45) is 0. The van der Waals surface area contributed by atoms with E-state index in [1.54, 1.807) is 0 Å². The summed E-state index contributed by atoms with van der Waals surface area (Å²) in [5, 5.41) is 13.1. The van der Waals surface area contributed by atoms with Gasteiger partial charge in [0.2, 0.25) is 0 Å². The van der Waals surface area contributed by atoms with Crippen LogP contribution in [-0.4, -0.2) is 16.3 Å². The minimum absolute atomic E-state index is 0.0629. The van der Waals surface area contributed by atoms with Gasteiger partial charge in [0.1, 0.15) is 0 Å². The normalized spacial score (nSPS) is 11.1. The summed E-state index contributed by atoms with van der Waals surface area (Å²) in [7, 11) is 0. The zero-order valence-electron chi connectivity index (χ0n) is 12.0. The molecule has 126 valence electrons. The number of nitrogens with one attached hydrogen (secondary N) is 1. The molecule has 0 bridgehead atoms. The summed E-state index contributed by atoms with van der Waals surface area (Å²) in [4.78, 5) is 22.0. The lowest BCUT2D eigenvalue weighted by atomic mass is 10.2. The third kappa shape index (κ3) is 5.27. The molecule has 0 saturated carbocycles. The van der Waals surface area contributed by atoms with E-state index in [0.717, 1.165) is 0 Å². The van der Waals surface area contributed by atoms with Gasteiger partial charge in [-0.1, -0.05) is 12.1 Å². The maximum Gasteiger partial charge on any atom is 0.446 e. The Morgan fingerprint density at radius 2 is 1.67 bits per heavy atom. The van der Waals surface area contributed by atoms with Crippen molar-refractivity contribution < 1.29 is 22.9 Å². The fraction of sp³-hybridized carbons (Fsp3) is 0.133. The molecule has 2 aromatic rings. The molecule has 2 aromatic carbocycles. The number of non-ortho nitro benzene ring substituents is 1. The van der Waals surface area contributed by atoms with Gasteiger partial charge in [0.25, 0.3) is 11.6 Å². The molecule has 24 heavy (non-hydrogen) atoms. The molecule has 1 amide bonds. The molecule has 2 rings (SSSR count). The number of nitrogens with zero attached hydrogens (tertiary/aromatic N) is 1. The van der Waals surface area contributed by atoms with E-state index >= 15 is 0 Å². The zero-order chi connectivity index (χ0) is 17.7. The first-order chi connectivity index (χ1) is 11.2. The lowest BCUT2D eigenvalue weighted by Gasteiger charge is -2.08. The van der Waals surface area contributed by atoms with E-state index in [9.17, 15) is 28.1 Å². The minimum Gasteiger partial charge on any atom is -0.348 e. The molecule has 5 nitrogen and oxygen atoms in total. The number of alkyl halides is 3. The summed E-state index contributed by atoms with van der Waals surface area (Å²) < 4.78 is 36.7. The molecule has 0 aliphatic heterocycles. The predicted molar refractivity (Wildman–Crippen MR) is 82.6 cm³/mol. The lowest BCUT2D eigenvalue weighted by molar-refractivity contribution is -0.384. The molecule has 0 aromatic heterocycles. The highest BCUT2D eigenvalue weighted by Crippen LogP contribution is 2.36. The SMILES string of the molecule is O=C(NCc1ccc(SC(F)(F)F)cc1)c1ccc([N+](=O)[O-])cc1. The van der Waals surface area contributed by atoms with Crippen LogP contribution in [0.5, 0.6) is 0 Å². The molecular weight excluding hydrogens is 345 g/mol. The van der Waals surface area contributed by atoms with Crippen molar-refractivity contribution in [1.29, 1.82) is 0 Å². The molecule has 0 saturated heterocycles. The van der Waals surface area contributed by atoms with Crippen LogP contribution < -0.4 is 5.32 Å². The molecule has 1 N–H and O–H groups in total. The number of benzene rings is 2. The van der Waals surface area contributed by atoms with Gasteiger partial charge in [0.05, 0.1) is 4.92 Å². The van der Waals surface area contributed by atoms with Gasteiger partial charge in [-0.3, -0.25) is 14.9 Å². The van der Waals surface area contributed by atoms with Gasteiger partial charge in [0.15, 0.2) is 0 Å². The van der Waals surface area contributed by atoms with E-state index in [2.05, 4.69) is 5.32 Å². The molecule has 0 aliphatic rings. The van der Waals surface area contributed by atoms with E-state index in [1.165, 1.54) is 48.5 Å². The van der Waals surface area contributed by atoms with Crippen molar-refractivity contribution in [2.45, 2.75) is 16.9 Å². The summed E-state index contributed by atoms with van der Waals surface area (Å²) in [5.41, 5.74) is -3.57. The first-order valence-corrected chi connectivity index (χ1v) is 7.43. The quantitative estimate of drug-likeness (QED) is 0.497. The maximum atomic E-state index is 12.2. The molecule has 9 heteroatoms. The minimum atomic E-state index is -4.34. The Morgan fingerprint density at radius 1 is 1.08 bits per heavy atom. The van der Waals surface area contributed by atoms with Gasteiger partial charge in [-0.2, -0.15) is 13.2 Å². The van der Waals surface area contributed by atoms with Crippen LogP contribution in [0, 0.1) is 10.1 Å². The molecule has 0 fully saturated rings. The number of rotatable bonds is 5. The fourth-order valence-electron chi connectivity index (χ4n) is 1.83. The molecule has 0 radical (unpaired) electrons. The summed E-state index contributed by atoms with van der Waals surface area (Å²) in [5.74, 6) is -0.432. The smallest absolute Gasteiger partial charge is 0.348 e. The van der Waals surface area contributed by atoms with Crippen LogP contribution in [0.3, 0.4) is 0 Å². The van der Waals surface area contributed by atoms with Crippen molar-refractivity contribution in [2.75, 3.05) is 0 Å². The van der Waals surface area contributed by atoms with Crippen molar-refractivity contribution in [1.82, 2.24) is 5.32 Å². The fourth-order valence-corrected chi connectivity index (χ4v) is 2.37. The summed E-state index contributed by atoms with van der Waals surface area (Å²) in [6, 6.07) is 10.7. The van der Waals surface area contributed by atoms with E-state index < -0.39 is 16.3 Å². The van der Waals surface area contributed by atoms with Gasteiger partial charge in [0, 0.05) is 29.1 Å². The highest BCUT2D eigenvalue weighted by atomic mass is 32.2. The average molecular weight is 356 g/mol. The average Bonchev–Trinajstić information content (AvgIpc) is 2.52. The van der Waals surface area contributed by atoms with Gasteiger partial charge in [-0.15, -0.1) is 0 Å². The number of carbonyl (C=O) groups excluding carboxylic acids is 1. The largest absolute Gasteiger partial charge is 0.446 e. The second kappa shape index (κ2) is 7.35. The molecule has 0 heterocycles. The van der Waals surface area contributed by atoms with Crippen molar-refractivity contribution in [3.05, 3.63) is 69.8 Å². The van der Waals surface area contributed by atoms with Crippen LogP contribution in [0.2, 0.25) is 0 Å². The number of halogens is 3. The Balaban J connectivity index is 1.92. The molecule has 0 spiro atoms. The Morgan fingerprint density at radius 3 is 2.17 bits per heavy atom. The van der Waals surface area contributed by atoms with Crippen LogP contribution in [0.25, 0.3) is 0 Å². The molecule has 0 aliphatic carbocycles. The van der Waals surface area contributed by atoms with Crippen molar-refractivity contribution in [3.8, 4) is 0 Å². The summed E-state index contributed by atoms with van der Waals surface area (Å²) >= 11 is -0.208. The van der Waals surface area contributed by atoms with E-state index in [0.29, 0.717) is 5.56 Å². The maximum absolute atomic E-state index is 12.2. The first-order valence-electron chi connectivity index (χ1n) is 6.62. The van der Waals surface area contributed by atoms with Crippen LogP contribution in [-0.2, 0) is 6.54 Å².